The number of aromatic nitrogens is 2. The lowest BCUT2D eigenvalue weighted by Gasteiger charge is -2.06. The summed E-state index contributed by atoms with van der Waals surface area (Å²) in [5.74, 6) is 0. The Morgan fingerprint density at radius 1 is 1.40 bits per heavy atom. The number of H-pyrrole nitrogens is 1. The third-order valence-electron chi connectivity index (χ3n) is 2.39. The second-order valence-corrected chi connectivity index (χ2v) is 3.95. The fourth-order valence-electron chi connectivity index (χ4n) is 1.56. The molecule has 0 spiro atoms. The molecule has 0 aliphatic rings. The summed E-state index contributed by atoms with van der Waals surface area (Å²) in [6, 6.07) is 5.24. The maximum absolute atomic E-state index is 11.5. The van der Waals surface area contributed by atoms with E-state index in [4.69, 9.17) is 0 Å². The van der Waals surface area contributed by atoms with Gasteiger partial charge >= 0.3 is 0 Å². The minimum atomic E-state index is 0.0138. The van der Waals surface area contributed by atoms with Crippen molar-refractivity contribution in [1.29, 1.82) is 0 Å². The van der Waals surface area contributed by atoms with Crippen LogP contribution in [0.25, 0.3) is 5.65 Å². The lowest BCUT2D eigenvalue weighted by Crippen LogP contribution is -2.15. The fraction of sp³-hybridized carbons (Fsp3) is 0.364. The highest BCUT2D eigenvalue weighted by Gasteiger charge is 2.01. The van der Waals surface area contributed by atoms with E-state index >= 15 is 0 Å². The van der Waals surface area contributed by atoms with Gasteiger partial charge in [-0.25, -0.2) is 0 Å². The molecule has 2 heterocycles. The van der Waals surface area contributed by atoms with Crippen LogP contribution in [-0.2, 0) is 6.42 Å². The van der Waals surface area contributed by atoms with Gasteiger partial charge < -0.3 is 9.88 Å². The van der Waals surface area contributed by atoms with Crippen molar-refractivity contribution in [3.63, 3.8) is 0 Å². The van der Waals surface area contributed by atoms with Gasteiger partial charge in [0.1, 0.15) is 5.65 Å². The second-order valence-electron chi connectivity index (χ2n) is 3.95. The smallest absolute Gasteiger partial charge is 0.256 e. The molecule has 2 aromatic rings. The van der Waals surface area contributed by atoms with Crippen LogP contribution in [0, 0.1) is 0 Å². The van der Waals surface area contributed by atoms with Gasteiger partial charge in [-0.3, -0.25) is 9.20 Å². The van der Waals surface area contributed by atoms with E-state index in [-0.39, 0.29) is 5.56 Å². The molecule has 0 saturated heterocycles. The Morgan fingerprint density at radius 2 is 2.20 bits per heavy atom. The highest BCUT2D eigenvalue weighted by atomic mass is 16.1. The van der Waals surface area contributed by atoms with Crippen molar-refractivity contribution in [3.05, 3.63) is 40.4 Å². The Labute approximate surface area is 88.2 Å². The summed E-state index contributed by atoms with van der Waals surface area (Å²) in [5, 5.41) is 0. The lowest BCUT2D eigenvalue weighted by molar-refractivity contribution is 0.412. The molecule has 0 radical (unpaired) electrons. The van der Waals surface area contributed by atoms with Crippen molar-refractivity contribution in [3.8, 4) is 0 Å². The molecule has 0 amide bonds. The van der Waals surface area contributed by atoms with Gasteiger partial charge in [-0.15, -0.1) is 0 Å². The third kappa shape index (κ3) is 2.10. The maximum atomic E-state index is 11.5. The monoisotopic (exact) mass is 205 g/mol. The van der Waals surface area contributed by atoms with Crippen LogP contribution in [0.3, 0.4) is 0 Å². The van der Waals surface area contributed by atoms with Gasteiger partial charge in [0.2, 0.25) is 0 Å². The van der Waals surface area contributed by atoms with Crippen molar-refractivity contribution in [2.24, 2.45) is 0 Å². The average Bonchev–Trinajstić information content (AvgIpc) is 2.59. The van der Waals surface area contributed by atoms with E-state index in [0.717, 1.165) is 24.3 Å². The van der Waals surface area contributed by atoms with Crippen molar-refractivity contribution in [1.82, 2.24) is 14.3 Å². The van der Waals surface area contributed by atoms with Crippen LogP contribution in [0.4, 0.5) is 0 Å². The molecule has 4 nitrogen and oxygen atoms in total. The summed E-state index contributed by atoms with van der Waals surface area (Å²) in [6.45, 7) is 0.974. The van der Waals surface area contributed by atoms with Gasteiger partial charge in [-0.2, -0.15) is 0 Å². The number of nitrogens with zero attached hydrogens (tertiary/aromatic N) is 2. The minimum absolute atomic E-state index is 0.0138. The Balaban J connectivity index is 2.31. The summed E-state index contributed by atoms with van der Waals surface area (Å²) >= 11 is 0. The topological polar surface area (TPSA) is 40.5 Å². The van der Waals surface area contributed by atoms with Crippen LogP contribution in [0.5, 0.6) is 0 Å². The van der Waals surface area contributed by atoms with E-state index in [1.165, 1.54) is 0 Å². The molecule has 0 fully saturated rings. The summed E-state index contributed by atoms with van der Waals surface area (Å²) < 4.78 is 1.64. The zero-order valence-electron chi connectivity index (χ0n) is 9.03. The molecule has 2 aromatic heterocycles. The standard InChI is InChI=1S/C11H15N3O/c1-13(2)7-6-9-8-14-10(12-9)4-3-5-11(14)15/h3-5,8,12H,6-7H2,1-2H3. The third-order valence-corrected chi connectivity index (χ3v) is 2.39. The number of imidazole rings is 1. The van der Waals surface area contributed by atoms with Crippen LogP contribution in [0.1, 0.15) is 5.69 Å². The van der Waals surface area contributed by atoms with Crippen molar-refractivity contribution in [2.45, 2.75) is 6.42 Å². The molecule has 2 rings (SSSR count). The first kappa shape index (κ1) is 9.98. The molecule has 0 unspecified atom stereocenters. The van der Waals surface area contributed by atoms with Gasteiger partial charge in [-0.1, -0.05) is 6.07 Å². The van der Waals surface area contributed by atoms with Crippen LogP contribution in [0.2, 0.25) is 0 Å². The molecule has 0 bridgehead atoms. The van der Waals surface area contributed by atoms with E-state index in [2.05, 4.69) is 9.88 Å². The van der Waals surface area contributed by atoms with E-state index in [1.54, 1.807) is 16.5 Å². The fourth-order valence-corrected chi connectivity index (χ4v) is 1.56. The molecule has 1 N–H and O–H groups in total. The van der Waals surface area contributed by atoms with E-state index in [9.17, 15) is 4.79 Å². The SMILES string of the molecule is CN(C)CCc1cn2c(=O)cccc2[nH]1. The number of aromatic amines is 1. The van der Waals surface area contributed by atoms with Crippen LogP contribution in [0.15, 0.2) is 29.2 Å². The predicted octanol–water partition coefficient (Wildman–Crippen LogP) is 0.732. The lowest BCUT2D eigenvalue weighted by atomic mass is 10.3. The van der Waals surface area contributed by atoms with Gasteiger partial charge in [-0.05, 0) is 20.2 Å². The molecule has 4 heteroatoms. The molecular formula is C11H15N3O. The van der Waals surface area contributed by atoms with Crippen molar-refractivity contribution < 1.29 is 0 Å². The molecular weight excluding hydrogens is 190 g/mol. The number of fused-ring (bicyclic) bond motifs is 1. The molecule has 0 aliphatic carbocycles. The van der Waals surface area contributed by atoms with Crippen molar-refractivity contribution in [2.75, 3.05) is 20.6 Å². The molecule has 0 aliphatic heterocycles. The molecule has 80 valence electrons. The Kier molecular flexibility index (Phi) is 2.60. The summed E-state index contributed by atoms with van der Waals surface area (Å²) in [5.41, 5.74) is 1.96. The quantitative estimate of drug-likeness (QED) is 0.802. The number of likely N-dealkylation sites (N-methyl/N-ethyl adjacent to an activating group) is 1. The minimum Gasteiger partial charge on any atom is -0.343 e. The zero-order valence-corrected chi connectivity index (χ0v) is 9.03. The summed E-state index contributed by atoms with van der Waals surface area (Å²) in [6.07, 6.45) is 2.80. The Hall–Kier alpha value is -1.55. The average molecular weight is 205 g/mol. The van der Waals surface area contributed by atoms with Crippen LogP contribution < -0.4 is 5.56 Å². The van der Waals surface area contributed by atoms with Gasteiger partial charge in [0, 0.05) is 30.9 Å². The first-order valence-corrected chi connectivity index (χ1v) is 5.01. The number of nitrogens with one attached hydrogen (secondary N) is 1. The molecule has 15 heavy (non-hydrogen) atoms. The van der Waals surface area contributed by atoms with Gasteiger partial charge in [0.25, 0.3) is 5.56 Å². The van der Waals surface area contributed by atoms with E-state index in [1.807, 2.05) is 26.4 Å². The Morgan fingerprint density at radius 3 is 2.87 bits per heavy atom. The molecule has 0 atom stereocenters. The number of pyridine rings is 1. The van der Waals surface area contributed by atoms with Gasteiger partial charge in [0.15, 0.2) is 0 Å². The summed E-state index contributed by atoms with van der Waals surface area (Å²) in [7, 11) is 4.07. The summed E-state index contributed by atoms with van der Waals surface area (Å²) in [4.78, 5) is 16.8. The molecule has 0 saturated carbocycles. The normalized spacial score (nSPS) is 11.4. The highest BCUT2D eigenvalue weighted by molar-refractivity contribution is 5.39. The van der Waals surface area contributed by atoms with E-state index < -0.39 is 0 Å². The van der Waals surface area contributed by atoms with Crippen molar-refractivity contribution >= 4 is 5.65 Å². The predicted molar refractivity (Wildman–Crippen MR) is 60.3 cm³/mol. The molecule has 0 aromatic carbocycles. The highest BCUT2D eigenvalue weighted by Crippen LogP contribution is 2.02. The zero-order chi connectivity index (χ0) is 10.8. The number of hydrogen-bond donors (Lipinski definition) is 1. The Bertz CT molecular complexity index is 510. The largest absolute Gasteiger partial charge is 0.343 e. The first-order valence-electron chi connectivity index (χ1n) is 5.01. The first-order chi connectivity index (χ1) is 7.16. The van der Waals surface area contributed by atoms with Crippen LogP contribution >= 0.6 is 0 Å². The number of hydrogen-bond acceptors (Lipinski definition) is 2. The second kappa shape index (κ2) is 3.90. The maximum Gasteiger partial charge on any atom is 0.256 e. The number of rotatable bonds is 3. The van der Waals surface area contributed by atoms with Crippen LogP contribution in [-0.4, -0.2) is 34.9 Å². The van der Waals surface area contributed by atoms with Gasteiger partial charge in [0.05, 0.1) is 0 Å². The van der Waals surface area contributed by atoms with E-state index in [0.29, 0.717) is 0 Å².